The van der Waals surface area contributed by atoms with Gasteiger partial charge in [-0.25, -0.2) is 4.99 Å². The Bertz CT molecular complexity index is 463. The highest BCUT2D eigenvalue weighted by Crippen LogP contribution is 2.29. The van der Waals surface area contributed by atoms with Crippen LogP contribution in [0.1, 0.15) is 15.9 Å². The van der Waals surface area contributed by atoms with Gasteiger partial charge in [0.2, 0.25) is 0 Å². The van der Waals surface area contributed by atoms with Gasteiger partial charge in [0, 0.05) is 18.3 Å². The van der Waals surface area contributed by atoms with Crippen LogP contribution in [-0.2, 0) is 0 Å². The zero-order valence-corrected chi connectivity index (χ0v) is 8.37. The van der Waals surface area contributed by atoms with Crippen molar-refractivity contribution < 1.29 is 4.79 Å². The number of carbonyl (C=O) groups excluding carboxylic acids is 1. The Morgan fingerprint density at radius 3 is 3.07 bits per heavy atom. The molecular weight excluding hydrogens is 190 g/mol. The number of hydrogen-bond acceptors (Lipinski definition) is 3. The number of amides is 1. The van der Waals surface area contributed by atoms with Crippen molar-refractivity contribution in [1.82, 2.24) is 10.6 Å². The van der Waals surface area contributed by atoms with Crippen LogP contribution in [0.5, 0.6) is 0 Å². The molecule has 0 unspecified atom stereocenters. The van der Waals surface area contributed by atoms with E-state index in [-0.39, 0.29) is 5.91 Å². The zero-order chi connectivity index (χ0) is 10.8. The van der Waals surface area contributed by atoms with Crippen molar-refractivity contribution in [2.24, 2.45) is 4.99 Å². The Hall–Kier alpha value is -2.10. The minimum absolute atomic E-state index is 0.132. The molecule has 1 aliphatic rings. The van der Waals surface area contributed by atoms with E-state index in [1.807, 2.05) is 6.07 Å². The fraction of sp³-hybridized carbons (Fsp3) is 0.0909. The molecule has 0 fully saturated rings. The van der Waals surface area contributed by atoms with Gasteiger partial charge < -0.3 is 10.6 Å². The molecule has 0 aliphatic carbocycles. The summed E-state index contributed by atoms with van der Waals surface area (Å²) in [4.78, 5) is 15.7. The number of fused-ring (bicyclic) bond motifs is 1. The van der Waals surface area contributed by atoms with Gasteiger partial charge in [0.25, 0.3) is 5.91 Å². The summed E-state index contributed by atoms with van der Waals surface area (Å²) in [5.74, 6) is -0.132. The SMILES string of the molecule is C=C1NC=Nc2cccc(C(=O)NC)c21. The quantitative estimate of drug-likeness (QED) is 0.719. The summed E-state index contributed by atoms with van der Waals surface area (Å²) < 4.78 is 0. The maximum Gasteiger partial charge on any atom is 0.251 e. The van der Waals surface area contributed by atoms with Crippen LogP contribution >= 0.6 is 0 Å². The fourth-order valence-electron chi connectivity index (χ4n) is 1.54. The second-order valence-electron chi connectivity index (χ2n) is 3.16. The lowest BCUT2D eigenvalue weighted by atomic mass is 10.0. The first kappa shape index (κ1) is 9.45. The normalized spacial score (nSPS) is 13.0. The Labute approximate surface area is 87.7 Å². The molecule has 0 atom stereocenters. The number of benzene rings is 1. The lowest BCUT2D eigenvalue weighted by Crippen LogP contribution is -2.22. The molecule has 2 rings (SSSR count). The van der Waals surface area contributed by atoms with Gasteiger partial charge in [-0.3, -0.25) is 4.79 Å². The first-order valence-electron chi connectivity index (χ1n) is 4.57. The third-order valence-electron chi connectivity index (χ3n) is 2.26. The number of carbonyl (C=O) groups is 1. The third kappa shape index (κ3) is 1.50. The van der Waals surface area contributed by atoms with Crippen LogP contribution < -0.4 is 10.6 Å². The molecule has 1 heterocycles. The molecule has 4 nitrogen and oxygen atoms in total. The van der Waals surface area contributed by atoms with Crippen molar-refractivity contribution in [3.63, 3.8) is 0 Å². The van der Waals surface area contributed by atoms with E-state index in [1.54, 1.807) is 25.5 Å². The molecule has 0 bridgehead atoms. The van der Waals surface area contributed by atoms with Gasteiger partial charge >= 0.3 is 0 Å². The van der Waals surface area contributed by atoms with Crippen molar-refractivity contribution in [3.8, 4) is 0 Å². The Morgan fingerprint density at radius 2 is 2.33 bits per heavy atom. The van der Waals surface area contributed by atoms with Crippen LogP contribution in [0.3, 0.4) is 0 Å². The average Bonchev–Trinajstić information content (AvgIpc) is 2.28. The van der Waals surface area contributed by atoms with E-state index < -0.39 is 0 Å². The molecule has 2 N–H and O–H groups in total. The number of aliphatic imine (C=N–C) groups is 1. The molecule has 0 aromatic heterocycles. The third-order valence-corrected chi connectivity index (χ3v) is 2.26. The summed E-state index contributed by atoms with van der Waals surface area (Å²) in [5, 5.41) is 5.48. The van der Waals surface area contributed by atoms with Crippen molar-refractivity contribution in [1.29, 1.82) is 0 Å². The molecule has 0 saturated carbocycles. The fourth-order valence-corrected chi connectivity index (χ4v) is 1.54. The molecule has 0 radical (unpaired) electrons. The molecule has 4 heteroatoms. The average molecular weight is 201 g/mol. The van der Waals surface area contributed by atoms with Crippen molar-refractivity contribution in [2.75, 3.05) is 7.05 Å². The molecule has 76 valence electrons. The predicted molar refractivity (Wildman–Crippen MR) is 60.2 cm³/mol. The van der Waals surface area contributed by atoms with Crippen molar-refractivity contribution in [2.45, 2.75) is 0 Å². The summed E-state index contributed by atoms with van der Waals surface area (Å²) >= 11 is 0. The van der Waals surface area contributed by atoms with Crippen LogP contribution in [0.4, 0.5) is 5.69 Å². The Kier molecular flexibility index (Phi) is 2.25. The van der Waals surface area contributed by atoms with Crippen LogP contribution in [0.15, 0.2) is 29.8 Å². The van der Waals surface area contributed by atoms with E-state index in [0.29, 0.717) is 11.3 Å². The predicted octanol–water partition coefficient (Wildman–Crippen LogP) is 1.28. The van der Waals surface area contributed by atoms with Crippen LogP contribution in [0.25, 0.3) is 5.70 Å². The Morgan fingerprint density at radius 1 is 1.53 bits per heavy atom. The minimum atomic E-state index is -0.132. The van der Waals surface area contributed by atoms with Gasteiger partial charge in [-0.15, -0.1) is 0 Å². The van der Waals surface area contributed by atoms with E-state index in [0.717, 1.165) is 11.3 Å². The molecule has 15 heavy (non-hydrogen) atoms. The second-order valence-corrected chi connectivity index (χ2v) is 3.16. The van der Waals surface area contributed by atoms with Gasteiger partial charge in [-0.05, 0) is 12.1 Å². The number of rotatable bonds is 1. The summed E-state index contributed by atoms with van der Waals surface area (Å²) in [5.41, 5.74) is 2.81. The first-order valence-corrected chi connectivity index (χ1v) is 4.57. The minimum Gasteiger partial charge on any atom is -0.355 e. The first-order chi connectivity index (χ1) is 7.24. The highest BCUT2D eigenvalue weighted by atomic mass is 16.1. The second kappa shape index (κ2) is 3.57. The van der Waals surface area contributed by atoms with Gasteiger partial charge in [-0.1, -0.05) is 12.6 Å². The monoisotopic (exact) mass is 201 g/mol. The molecule has 0 spiro atoms. The van der Waals surface area contributed by atoms with Gasteiger partial charge in [0.05, 0.1) is 17.6 Å². The van der Waals surface area contributed by atoms with Gasteiger partial charge in [0.15, 0.2) is 0 Å². The largest absolute Gasteiger partial charge is 0.355 e. The summed E-state index contributed by atoms with van der Waals surface area (Å²) in [6, 6.07) is 5.41. The van der Waals surface area contributed by atoms with E-state index in [4.69, 9.17) is 0 Å². The molecule has 0 saturated heterocycles. The zero-order valence-electron chi connectivity index (χ0n) is 8.37. The highest BCUT2D eigenvalue weighted by molar-refractivity contribution is 6.02. The lowest BCUT2D eigenvalue weighted by Gasteiger charge is -2.16. The summed E-state index contributed by atoms with van der Waals surface area (Å²) in [7, 11) is 1.60. The number of nitrogens with zero attached hydrogens (tertiary/aromatic N) is 1. The lowest BCUT2D eigenvalue weighted by molar-refractivity contribution is 0.0963. The topological polar surface area (TPSA) is 53.5 Å². The molecule has 1 aromatic rings. The van der Waals surface area contributed by atoms with E-state index in [9.17, 15) is 4.79 Å². The molecular formula is C11H11N3O. The smallest absolute Gasteiger partial charge is 0.251 e. The summed E-state index contributed by atoms with van der Waals surface area (Å²) in [6.07, 6.45) is 1.57. The van der Waals surface area contributed by atoms with Crippen LogP contribution in [0, 0.1) is 0 Å². The maximum atomic E-state index is 11.6. The van der Waals surface area contributed by atoms with Crippen LogP contribution in [-0.4, -0.2) is 19.3 Å². The van der Waals surface area contributed by atoms with Gasteiger partial charge in [0.1, 0.15) is 0 Å². The van der Waals surface area contributed by atoms with Crippen LogP contribution in [0.2, 0.25) is 0 Å². The molecule has 1 amide bonds. The molecule has 1 aliphatic heterocycles. The standard InChI is InChI=1S/C11H11N3O/c1-7-10-8(11(15)12-2)4-3-5-9(10)14-6-13-7/h3-6H,1H2,2H3,(H,12,15)(H,13,14). The van der Waals surface area contributed by atoms with E-state index in [1.165, 1.54) is 0 Å². The number of nitrogens with one attached hydrogen (secondary N) is 2. The van der Waals surface area contributed by atoms with E-state index >= 15 is 0 Å². The van der Waals surface area contributed by atoms with Crippen molar-refractivity contribution in [3.05, 3.63) is 35.9 Å². The summed E-state index contributed by atoms with van der Waals surface area (Å²) in [6.45, 7) is 3.85. The van der Waals surface area contributed by atoms with E-state index in [2.05, 4.69) is 22.2 Å². The maximum absolute atomic E-state index is 11.6. The van der Waals surface area contributed by atoms with Gasteiger partial charge in [-0.2, -0.15) is 0 Å². The van der Waals surface area contributed by atoms with Crippen molar-refractivity contribution >= 4 is 23.6 Å². The highest BCUT2D eigenvalue weighted by Gasteiger charge is 2.17. The number of hydrogen-bond donors (Lipinski definition) is 2. The molecule has 1 aromatic carbocycles. The Balaban J connectivity index is 2.62.